The molecule has 2 heteroatoms. The molecule has 0 radical (unpaired) electrons. The Kier molecular flexibility index (Phi) is 4.32. The average Bonchev–Trinajstić information content (AvgIpc) is 2.88. The largest absolute Gasteiger partial charge is 0.393 e. The Morgan fingerprint density at radius 2 is 1.88 bits per heavy atom. The van der Waals surface area contributed by atoms with Crippen molar-refractivity contribution in [1.29, 1.82) is 0 Å². The molecule has 0 aliphatic heterocycles. The molecular formula is C22H38O2. The minimum atomic E-state index is -0.472. The molecule has 0 aromatic heterocycles. The molecule has 7 unspecified atom stereocenters. The standard InChI is InChI=1S/C22H38O2/c1-3-4-5-7-16-8-11-21(12-16)13-17-19(21)18(23)14-20(2)9-6-10-22(17,24)15-20/h16-19,23-24H,3-15H2,1-2H3. The van der Waals surface area contributed by atoms with Gasteiger partial charge in [0.2, 0.25) is 0 Å². The Morgan fingerprint density at radius 1 is 1.04 bits per heavy atom. The highest BCUT2D eigenvalue weighted by Gasteiger charge is 2.66. The first-order valence-corrected chi connectivity index (χ1v) is 10.8. The van der Waals surface area contributed by atoms with E-state index in [0.717, 1.165) is 31.6 Å². The van der Waals surface area contributed by atoms with Gasteiger partial charge in [-0.25, -0.2) is 0 Å². The lowest BCUT2D eigenvalue weighted by molar-refractivity contribution is -0.191. The first-order chi connectivity index (χ1) is 11.4. The molecule has 4 fully saturated rings. The molecule has 4 rings (SSSR count). The predicted octanol–water partition coefficient (Wildman–Crippen LogP) is 5.07. The van der Waals surface area contributed by atoms with Gasteiger partial charge in [-0.2, -0.15) is 0 Å². The third kappa shape index (κ3) is 2.67. The zero-order valence-electron chi connectivity index (χ0n) is 15.9. The number of hydrogen-bond acceptors (Lipinski definition) is 2. The van der Waals surface area contributed by atoms with Crippen molar-refractivity contribution in [1.82, 2.24) is 0 Å². The summed E-state index contributed by atoms with van der Waals surface area (Å²) in [4.78, 5) is 0. The lowest BCUT2D eigenvalue weighted by Gasteiger charge is -2.60. The molecule has 4 aliphatic carbocycles. The number of unbranched alkanes of at least 4 members (excludes halogenated alkanes) is 2. The summed E-state index contributed by atoms with van der Waals surface area (Å²) in [6.45, 7) is 4.60. The molecule has 0 heterocycles. The van der Waals surface area contributed by atoms with E-state index in [9.17, 15) is 10.2 Å². The van der Waals surface area contributed by atoms with Gasteiger partial charge in [0.05, 0.1) is 11.7 Å². The summed E-state index contributed by atoms with van der Waals surface area (Å²) in [6.07, 6.45) is 15.7. The molecule has 138 valence electrons. The van der Waals surface area contributed by atoms with Crippen molar-refractivity contribution in [2.45, 2.75) is 109 Å². The van der Waals surface area contributed by atoms with Gasteiger partial charge >= 0.3 is 0 Å². The van der Waals surface area contributed by atoms with Crippen LogP contribution in [0.5, 0.6) is 0 Å². The highest BCUT2D eigenvalue weighted by molar-refractivity contribution is 5.16. The number of fused-ring (bicyclic) bond motifs is 5. The van der Waals surface area contributed by atoms with Crippen LogP contribution in [0.15, 0.2) is 0 Å². The fourth-order valence-electron chi connectivity index (χ4n) is 7.72. The van der Waals surface area contributed by atoms with Gasteiger partial charge in [-0.05, 0) is 80.0 Å². The third-order valence-electron chi connectivity index (χ3n) is 8.66. The second kappa shape index (κ2) is 5.98. The lowest BCUT2D eigenvalue weighted by Crippen LogP contribution is -2.60. The van der Waals surface area contributed by atoms with Crippen molar-refractivity contribution >= 4 is 0 Å². The molecule has 0 saturated heterocycles. The summed E-state index contributed by atoms with van der Waals surface area (Å²) in [5.74, 6) is 1.65. The Labute approximate surface area is 148 Å². The van der Waals surface area contributed by atoms with E-state index in [1.54, 1.807) is 0 Å². The summed E-state index contributed by atoms with van der Waals surface area (Å²) >= 11 is 0. The molecule has 1 spiro atoms. The average molecular weight is 335 g/mol. The molecule has 4 aliphatic rings. The molecule has 24 heavy (non-hydrogen) atoms. The molecular weight excluding hydrogens is 296 g/mol. The molecule has 0 amide bonds. The van der Waals surface area contributed by atoms with E-state index < -0.39 is 5.60 Å². The van der Waals surface area contributed by atoms with Crippen LogP contribution in [0.2, 0.25) is 0 Å². The Bertz CT molecular complexity index is 477. The van der Waals surface area contributed by atoms with Crippen molar-refractivity contribution in [2.24, 2.45) is 28.6 Å². The van der Waals surface area contributed by atoms with Gasteiger partial charge in [0.15, 0.2) is 0 Å². The maximum atomic E-state index is 11.4. The van der Waals surface area contributed by atoms with Crippen LogP contribution < -0.4 is 0 Å². The highest BCUT2D eigenvalue weighted by Crippen LogP contribution is 2.70. The molecule has 7 atom stereocenters. The van der Waals surface area contributed by atoms with Gasteiger partial charge < -0.3 is 10.2 Å². The minimum Gasteiger partial charge on any atom is -0.393 e. The van der Waals surface area contributed by atoms with Crippen molar-refractivity contribution in [3.63, 3.8) is 0 Å². The first-order valence-electron chi connectivity index (χ1n) is 10.8. The Morgan fingerprint density at radius 3 is 2.67 bits per heavy atom. The fraction of sp³-hybridized carbons (Fsp3) is 1.00. The van der Waals surface area contributed by atoms with Crippen LogP contribution in [-0.4, -0.2) is 21.9 Å². The molecule has 4 saturated carbocycles. The van der Waals surface area contributed by atoms with Crippen molar-refractivity contribution in [3.05, 3.63) is 0 Å². The predicted molar refractivity (Wildman–Crippen MR) is 97.7 cm³/mol. The van der Waals surface area contributed by atoms with E-state index in [0.29, 0.717) is 17.3 Å². The summed E-state index contributed by atoms with van der Waals surface area (Å²) in [5.41, 5.74) is 0.0787. The fourth-order valence-corrected chi connectivity index (χ4v) is 7.72. The van der Waals surface area contributed by atoms with Crippen molar-refractivity contribution in [3.8, 4) is 0 Å². The van der Waals surface area contributed by atoms with Crippen LogP contribution >= 0.6 is 0 Å². The Hall–Kier alpha value is -0.0800. The number of aliphatic hydroxyl groups excluding tert-OH is 1. The van der Waals surface area contributed by atoms with Gasteiger partial charge in [-0.3, -0.25) is 0 Å². The van der Waals surface area contributed by atoms with Crippen LogP contribution in [0.4, 0.5) is 0 Å². The van der Waals surface area contributed by atoms with Crippen LogP contribution in [-0.2, 0) is 0 Å². The zero-order valence-corrected chi connectivity index (χ0v) is 15.9. The van der Waals surface area contributed by atoms with E-state index in [2.05, 4.69) is 13.8 Å². The number of hydrogen-bond donors (Lipinski definition) is 2. The normalized spacial score (nSPS) is 53.5. The van der Waals surface area contributed by atoms with Crippen molar-refractivity contribution in [2.75, 3.05) is 0 Å². The van der Waals surface area contributed by atoms with Crippen LogP contribution in [0.25, 0.3) is 0 Å². The van der Waals surface area contributed by atoms with E-state index >= 15 is 0 Å². The monoisotopic (exact) mass is 334 g/mol. The second-order valence-corrected chi connectivity index (χ2v) is 10.5. The summed E-state index contributed by atoms with van der Waals surface area (Å²) in [6, 6.07) is 0. The topological polar surface area (TPSA) is 40.5 Å². The lowest BCUT2D eigenvalue weighted by atomic mass is 9.46. The molecule has 0 aromatic rings. The zero-order chi connectivity index (χ0) is 17.0. The van der Waals surface area contributed by atoms with Gasteiger partial charge in [0.1, 0.15) is 0 Å². The van der Waals surface area contributed by atoms with E-state index in [4.69, 9.17) is 0 Å². The first kappa shape index (κ1) is 17.3. The van der Waals surface area contributed by atoms with Gasteiger partial charge in [-0.15, -0.1) is 0 Å². The molecule has 2 nitrogen and oxygen atoms in total. The van der Waals surface area contributed by atoms with E-state index in [1.807, 2.05) is 0 Å². The molecule has 2 N–H and O–H groups in total. The highest BCUT2D eigenvalue weighted by atomic mass is 16.3. The van der Waals surface area contributed by atoms with Crippen LogP contribution in [0.3, 0.4) is 0 Å². The van der Waals surface area contributed by atoms with Crippen molar-refractivity contribution < 1.29 is 10.2 Å². The summed E-state index contributed by atoms with van der Waals surface area (Å²) in [5, 5.41) is 22.5. The third-order valence-corrected chi connectivity index (χ3v) is 8.66. The number of rotatable bonds is 4. The summed E-state index contributed by atoms with van der Waals surface area (Å²) < 4.78 is 0. The minimum absolute atomic E-state index is 0.171. The quantitative estimate of drug-likeness (QED) is 0.705. The van der Waals surface area contributed by atoms with E-state index in [-0.39, 0.29) is 11.5 Å². The second-order valence-electron chi connectivity index (χ2n) is 10.5. The smallest absolute Gasteiger partial charge is 0.0685 e. The maximum Gasteiger partial charge on any atom is 0.0685 e. The van der Waals surface area contributed by atoms with Crippen LogP contribution in [0.1, 0.15) is 97.3 Å². The van der Waals surface area contributed by atoms with Crippen LogP contribution in [0, 0.1) is 28.6 Å². The number of aliphatic hydroxyl groups is 2. The van der Waals surface area contributed by atoms with Gasteiger partial charge in [0, 0.05) is 0 Å². The van der Waals surface area contributed by atoms with Gasteiger partial charge in [-0.1, -0.05) is 46.0 Å². The maximum absolute atomic E-state index is 11.4. The Balaban J connectivity index is 1.50. The SMILES string of the molecule is CCCCCC1CCC2(C1)CC1C2C(O)CC2(C)CCCC1(O)C2. The van der Waals surface area contributed by atoms with E-state index in [1.165, 1.54) is 57.8 Å². The van der Waals surface area contributed by atoms with Gasteiger partial charge in [0.25, 0.3) is 0 Å². The molecule has 0 aromatic carbocycles. The molecule has 2 bridgehead atoms. The summed E-state index contributed by atoms with van der Waals surface area (Å²) in [7, 11) is 0.